The molecule has 1 heterocycles. The van der Waals surface area contributed by atoms with Crippen LogP contribution in [0.3, 0.4) is 0 Å². The predicted molar refractivity (Wildman–Crippen MR) is 66.1 cm³/mol. The smallest absolute Gasteiger partial charge is 0.178 e. The highest BCUT2D eigenvalue weighted by atomic mass is 16.6. The van der Waals surface area contributed by atoms with Crippen LogP contribution in [0.1, 0.15) is 26.2 Å². The number of allylic oxidation sites excluding steroid dienone is 1. The lowest BCUT2D eigenvalue weighted by atomic mass is 9.69. The van der Waals surface area contributed by atoms with E-state index in [0.29, 0.717) is 23.5 Å². The Bertz CT molecular complexity index is 443. The fourth-order valence-corrected chi connectivity index (χ4v) is 5.38. The highest BCUT2D eigenvalue weighted by Crippen LogP contribution is 2.67. The molecule has 0 N–H and O–H groups in total. The van der Waals surface area contributed by atoms with Crippen LogP contribution >= 0.6 is 0 Å². The summed E-state index contributed by atoms with van der Waals surface area (Å²) in [6.45, 7) is 2.99. The average molecular weight is 248 g/mol. The molecule has 0 aromatic carbocycles. The van der Waals surface area contributed by atoms with Gasteiger partial charge in [0, 0.05) is 19.6 Å². The molecule has 1 aliphatic heterocycles. The van der Waals surface area contributed by atoms with Gasteiger partial charge in [0.15, 0.2) is 11.4 Å². The molecular weight excluding hydrogens is 228 g/mol. The number of fused-ring (bicyclic) bond motifs is 1. The molecule has 0 radical (unpaired) electrons. The fourth-order valence-electron chi connectivity index (χ4n) is 5.38. The van der Waals surface area contributed by atoms with Gasteiger partial charge in [0.05, 0.1) is 5.41 Å². The Hall–Kier alpha value is -0.670. The number of rotatable bonds is 1. The molecule has 3 nitrogen and oxygen atoms in total. The molecule has 4 aliphatic rings. The zero-order valence-electron chi connectivity index (χ0n) is 11.0. The van der Waals surface area contributed by atoms with Gasteiger partial charge in [0.2, 0.25) is 0 Å². The Kier molecular flexibility index (Phi) is 2.02. The molecular formula is C15H20O3. The first kappa shape index (κ1) is 11.2. The highest BCUT2D eigenvalue weighted by molar-refractivity contribution is 6.00. The second-order valence-corrected chi connectivity index (χ2v) is 6.39. The summed E-state index contributed by atoms with van der Waals surface area (Å²) in [6.07, 6.45) is 7.43. The van der Waals surface area contributed by atoms with Crippen LogP contribution in [0.4, 0.5) is 0 Å². The zero-order chi connectivity index (χ0) is 12.5. The first-order chi connectivity index (χ1) is 8.68. The van der Waals surface area contributed by atoms with Crippen molar-refractivity contribution in [3.05, 3.63) is 12.2 Å². The predicted octanol–water partition coefficient (Wildman–Crippen LogP) is 1.96. The first-order valence-electron chi connectivity index (χ1n) is 7.09. The van der Waals surface area contributed by atoms with Crippen molar-refractivity contribution >= 4 is 5.78 Å². The van der Waals surface area contributed by atoms with Gasteiger partial charge in [0.25, 0.3) is 0 Å². The standard InChI is InChI=1S/C15H20O3/c1-9-3-4-10-11-6-8-18-12-5-7-14(9,10)13(16)15(11,12)17-2/h5,7,9-12H,3-4,6,8H2,1-2H3/t9-,10+,11+,12-,14+,15+/m0/s1. The van der Waals surface area contributed by atoms with Crippen molar-refractivity contribution in [3.63, 3.8) is 0 Å². The Balaban J connectivity index is 1.96. The van der Waals surface area contributed by atoms with E-state index >= 15 is 0 Å². The third kappa shape index (κ3) is 0.894. The number of methoxy groups -OCH3 is 1. The molecule has 3 heteroatoms. The van der Waals surface area contributed by atoms with E-state index < -0.39 is 5.60 Å². The van der Waals surface area contributed by atoms with Crippen molar-refractivity contribution in [1.82, 2.24) is 0 Å². The van der Waals surface area contributed by atoms with Crippen LogP contribution < -0.4 is 0 Å². The summed E-state index contributed by atoms with van der Waals surface area (Å²) in [5.74, 6) is 1.59. The second-order valence-electron chi connectivity index (χ2n) is 6.39. The van der Waals surface area contributed by atoms with Crippen molar-refractivity contribution in [2.75, 3.05) is 13.7 Å². The molecule has 98 valence electrons. The summed E-state index contributed by atoms with van der Waals surface area (Å²) in [6, 6.07) is 0. The molecule has 0 amide bonds. The van der Waals surface area contributed by atoms with Gasteiger partial charge in [-0.25, -0.2) is 0 Å². The van der Waals surface area contributed by atoms with Gasteiger partial charge in [-0.15, -0.1) is 0 Å². The Morgan fingerprint density at radius 3 is 2.94 bits per heavy atom. The summed E-state index contributed by atoms with van der Waals surface area (Å²) in [5.41, 5.74) is -0.919. The van der Waals surface area contributed by atoms with E-state index in [2.05, 4.69) is 19.1 Å². The SMILES string of the molecule is CO[C@@]12C(=O)[C@@]34C=C[C@@H]1OCC[C@@H]2[C@H]3CC[C@@H]4C. The van der Waals surface area contributed by atoms with Crippen LogP contribution in [0, 0.1) is 23.2 Å². The van der Waals surface area contributed by atoms with Crippen LogP contribution in [0.25, 0.3) is 0 Å². The molecule has 0 aromatic heterocycles. The van der Waals surface area contributed by atoms with Gasteiger partial charge in [0.1, 0.15) is 6.10 Å². The number of ketones is 1. The lowest BCUT2D eigenvalue weighted by molar-refractivity contribution is -0.183. The van der Waals surface area contributed by atoms with Crippen molar-refractivity contribution in [3.8, 4) is 0 Å². The van der Waals surface area contributed by atoms with E-state index in [1.54, 1.807) is 7.11 Å². The molecule has 3 aliphatic carbocycles. The summed E-state index contributed by atoms with van der Waals surface area (Å²) < 4.78 is 11.6. The van der Waals surface area contributed by atoms with Crippen LogP contribution in [0.2, 0.25) is 0 Å². The van der Waals surface area contributed by atoms with Crippen LogP contribution in [-0.4, -0.2) is 31.2 Å². The lowest BCUT2D eigenvalue weighted by Gasteiger charge is -2.44. The minimum absolute atomic E-state index is 0.155. The quantitative estimate of drug-likeness (QED) is 0.665. The topological polar surface area (TPSA) is 35.5 Å². The molecule has 1 saturated heterocycles. The van der Waals surface area contributed by atoms with E-state index in [0.717, 1.165) is 13.0 Å². The number of carbonyl (C=O) groups excluding carboxylic acids is 1. The van der Waals surface area contributed by atoms with Gasteiger partial charge < -0.3 is 9.47 Å². The first-order valence-corrected chi connectivity index (χ1v) is 7.09. The van der Waals surface area contributed by atoms with Gasteiger partial charge in [-0.1, -0.05) is 19.1 Å². The third-order valence-electron chi connectivity index (χ3n) is 6.16. The van der Waals surface area contributed by atoms with E-state index in [4.69, 9.17) is 9.47 Å². The van der Waals surface area contributed by atoms with Gasteiger partial charge >= 0.3 is 0 Å². The Morgan fingerprint density at radius 1 is 1.33 bits per heavy atom. The summed E-state index contributed by atoms with van der Waals surface area (Å²) >= 11 is 0. The Labute approximate surface area is 108 Å². The highest BCUT2D eigenvalue weighted by Gasteiger charge is 2.75. The number of carbonyl (C=O) groups is 1. The van der Waals surface area contributed by atoms with Gasteiger partial charge in [-0.05, 0) is 31.1 Å². The van der Waals surface area contributed by atoms with Crippen LogP contribution in [0.5, 0.6) is 0 Å². The molecule has 3 fully saturated rings. The summed E-state index contributed by atoms with van der Waals surface area (Å²) in [5, 5.41) is 0. The van der Waals surface area contributed by atoms with Crippen LogP contribution in [0.15, 0.2) is 12.2 Å². The summed E-state index contributed by atoms with van der Waals surface area (Å²) in [4.78, 5) is 13.1. The molecule has 4 rings (SSSR count). The minimum atomic E-state index is -0.674. The number of Topliss-reactive ketones (excluding diaryl/α,β-unsaturated/α-hetero) is 1. The van der Waals surface area contributed by atoms with E-state index in [1.165, 1.54) is 12.8 Å². The molecule has 0 unspecified atom stereocenters. The number of hydrogen-bond acceptors (Lipinski definition) is 3. The van der Waals surface area contributed by atoms with Crippen molar-refractivity contribution in [1.29, 1.82) is 0 Å². The summed E-state index contributed by atoms with van der Waals surface area (Å²) in [7, 11) is 1.69. The van der Waals surface area contributed by atoms with Crippen molar-refractivity contribution < 1.29 is 14.3 Å². The molecule has 0 aromatic rings. The van der Waals surface area contributed by atoms with E-state index in [9.17, 15) is 4.79 Å². The molecule has 1 spiro atoms. The maximum Gasteiger partial charge on any atom is 0.178 e. The molecule has 2 saturated carbocycles. The number of hydrogen-bond donors (Lipinski definition) is 0. The van der Waals surface area contributed by atoms with Crippen LogP contribution in [-0.2, 0) is 14.3 Å². The fraction of sp³-hybridized carbons (Fsp3) is 0.800. The molecule has 6 atom stereocenters. The van der Waals surface area contributed by atoms with Gasteiger partial charge in [-0.2, -0.15) is 0 Å². The zero-order valence-corrected chi connectivity index (χ0v) is 11.0. The van der Waals surface area contributed by atoms with Crippen molar-refractivity contribution in [2.24, 2.45) is 23.2 Å². The molecule has 18 heavy (non-hydrogen) atoms. The minimum Gasteiger partial charge on any atom is -0.371 e. The van der Waals surface area contributed by atoms with Crippen molar-refractivity contribution in [2.45, 2.75) is 37.9 Å². The lowest BCUT2D eigenvalue weighted by Crippen LogP contribution is -2.59. The average Bonchev–Trinajstić information content (AvgIpc) is 2.80. The monoisotopic (exact) mass is 248 g/mol. The normalized spacial score (nSPS) is 56.9. The van der Waals surface area contributed by atoms with E-state index in [1.807, 2.05) is 0 Å². The largest absolute Gasteiger partial charge is 0.371 e. The maximum absolute atomic E-state index is 13.1. The molecule has 2 bridgehead atoms. The van der Waals surface area contributed by atoms with Gasteiger partial charge in [-0.3, -0.25) is 4.79 Å². The maximum atomic E-state index is 13.1. The number of ether oxygens (including phenoxy) is 2. The van der Waals surface area contributed by atoms with E-state index in [-0.39, 0.29) is 11.5 Å². The second kappa shape index (κ2) is 3.26. The Morgan fingerprint density at radius 2 is 2.17 bits per heavy atom. The third-order valence-corrected chi connectivity index (χ3v) is 6.16.